The van der Waals surface area contributed by atoms with E-state index in [0.29, 0.717) is 6.10 Å². The molecule has 0 aromatic heterocycles. The van der Waals surface area contributed by atoms with Crippen LogP contribution in [0.15, 0.2) is 4.99 Å². The molecule has 6 nitrogen and oxygen atoms in total. The quantitative estimate of drug-likeness (QED) is 0.394. The number of likely N-dealkylation sites (N-methyl/N-ethyl adjacent to an activating group) is 1. The van der Waals surface area contributed by atoms with Gasteiger partial charge in [0.05, 0.1) is 6.10 Å². The Balaban J connectivity index is 1.79. The maximum atomic E-state index is 11.9. The third-order valence-electron chi connectivity index (χ3n) is 5.24. The summed E-state index contributed by atoms with van der Waals surface area (Å²) in [6, 6.07) is 0. The lowest BCUT2D eigenvalue weighted by Gasteiger charge is -2.34. The first-order valence-electron chi connectivity index (χ1n) is 9.94. The summed E-state index contributed by atoms with van der Waals surface area (Å²) in [5.74, 6) is 2.71. The summed E-state index contributed by atoms with van der Waals surface area (Å²) < 4.78 is 6.17. The van der Waals surface area contributed by atoms with Crippen LogP contribution in [0.2, 0.25) is 0 Å². The van der Waals surface area contributed by atoms with Crippen molar-refractivity contribution in [1.82, 2.24) is 15.1 Å². The Morgan fingerprint density at radius 3 is 2.54 bits per heavy atom. The van der Waals surface area contributed by atoms with Gasteiger partial charge in [-0.2, -0.15) is 11.8 Å². The molecule has 2 aliphatic rings. The zero-order chi connectivity index (χ0) is 18.8. The summed E-state index contributed by atoms with van der Waals surface area (Å²) in [5.41, 5.74) is 0. The van der Waals surface area contributed by atoms with Gasteiger partial charge in [-0.05, 0) is 37.9 Å². The molecule has 0 unspecified atom stereocenters. The third kappa shape index (κ3) is 7.35. The SMILES string of the molecule is CSCCNC(=NCC(=O)N(C)C)N1CCC(OCC2CCCC2)CC1. The Kier molecular flexibility index (Phi) is 9.61. The van der Waals surface area contributed by atoms with E-state index in [1.807, 2.05) is 11.8 Å². The lowest BCUT2D eigenvalue weighted by Crippen LogP contribution is -2.48. The van der Waals surface area contributed by atoms with E-state index < -0.39 is 0 Å². The number of carbonyl (C=O) groups is 1. The van der Waals surface area contributed by atoms with Crippen molar-refractivity contribution in [3.05, 3.63) is 0 Å². The smallest absolute Gasteiger partial charge is 0.243 e. The van der Waals surface area contributed by atoms with E-state index >= 15 is 0 Å². The van der Waals surface area contributed by atoms with Gasteiger partial charge in [-0.15, -0.1) is 0 Å². The largest absolute Gasteiger partial charge is 0.378 e. The molecule has 2 rings (SSSR count). The number of rotatable bonds is 8. The summed E-state index contributed by atoms with van der Waals surface area (Å²) in [4.78, 5) is 20.3. The topological polar surface area (TPSA) is 57.2 Å². The highest BCUT2D eigenvalue weighted by molar-refractivity contribution is 7.98. The molecule has 1 heterocycles. The average molecular weight is 385 g/mol. The highest BCUT2D eigenvalue weighted by atomic mass is 32.2. The zero-order valence-corrected chi connectivity index (χ0v) is 17.5. The Bertz CT molecular complexity index is 445. The van der Waals surface area contributed by atoms with E-state index in [-0.39, 0.29) is 12.5 Å². The molecule has 0 radical (unpaired) electrons. The fourth-order valence-electron chi connectivity index (χ4n) is 3.50. The lowest BCUT2D eigenvalue weighted by molar-refractivity contribution is -0.127. The van der Waals surface area contributed by atoms with E-state index in [0.717, 1.165) is 56.7 Å². The maximum absolute atomic E-state index is 11.9. The summed E-state index contributed by atoms with van der Waals surface area (Å²) in [5, 5.41) is 3.42. The van der Waals surface area contributed by atoms with Gasteiger partial charge in [0, 0.05) is 46.1 Å². The van der Waals surface area contributed by atoms with Crippen molar-refractivity contribution >= 4 is 23.6 Å². The monoisotopic (exact) mass is 384 g/mol. The van der Waals surface area contributed by atoms with Crippen LogP contribution in [0.1, 0.15) is 38.5 Å². The van der Waals surface area contributed by atoms with Gasteiger partial charge in [0.2, 0.25) is 5.91 Å². The van der Waals surface area contributed by atoms with Crippen LogP contribution >= 0.6 is 11.8 Å². The molecule has 0 atom stereocenters. The fourth-order valence-corrected chi connectivity index (χ4v) is 3.81. The van der Waals surface area contributed by atoms with Gasteiger partial charge in [0.15, 0.2) is 5.96 Å². The first kappa shape index (κ1) is 21.4. The molecule has 1 aliphatic carbocycles. The Labute approximate surface area is 163 Å². The number of likely N-dealkylation sites (tertiary alicyclic amines) is 1. The van der Waals surface area contributed by atoms with Gasteiger partial charge >= 0.3 is 0 Å². The van der Waals surface area contributed by atoms with Gasteiger partial charge in [0.25, 0.3) is 0 Å². The molecular formula is C19H36N4O2S. The molecule has 1 saturated carbocycles. The molecular weight excluding hydrogens is 348 g/mol. The van der Waals surface area contributed by atoms with Crippen LogP contribution < -0.4 is 5.32 Å². The van der Waals surface area contributed by atoms with Crippen molar-refractivity contribution in [3.63, 3.8) is 0 Å². The molecule has 0 spiro atoms. The van der Waals surface area contributed by atoms with Crippen molar-refractivity contribution < 1.29 is 9.53 Å². The fraction of sp³-hybridized carbons (Fsp3) is 0.895. The number of nitrogens with one attached hydrogen (secondary N) is 1. The Morgan fingerprint density at radius 1 is 1.23 bits per heavy atom. The number of piperidine rings is 1. The minimum Gasteiger partial charge on any atom is -0.378 e. The molecule has 2 fully saturated rings. The molecule has 1 N–H and O–H groups in total. The number of hydrogen-bond acceptors (Lipinski definition) is 4. The van der Waals surface area contributed by atoms with Crippen molar-refractivity contribution in [2.75, 3.05) is 58.9 Å². The van der Waals surface area contributed by atoms with E-state index in [4.69, 9.17) is 4.74 Å². The Hall–Kier alpha value is -0.950. The molecule has 0 bridgehead atoms. The van der Waals surface area contributed by atoms with Crippen molar-refractivity contribution in [3.8, 4) is 0 Å². The van der Waals surface area contributed by atoms with E-state index in [9.17, 15) is 4.79 Å². The van der Waals surface area contributed by atoms with Crippen LogP contribution in [-0.4, -0.2) is 86.7 Å². The predicted octanol–water partition coefficient (Wildman–Crippen LogP) is 2.05. The number of hydrogen-bond donors (Lipinski definition) is 1. The highest BCUT2D eigenvalue weighted by Crippen LogP contribution is 2.26. The van der Waals surface area contributed by atoms with Gasteiger partial charge in [0.1, 0.15) is 6.54 Å². The predicted molar refractivity (Wildman–Crippen MR) is 110 cm³/mol. The molecule has 0 aromatic carbocycles. The van der Waals surface area contributed by atoms with Crippen molar-refractivity contribution in [2.45, 2.75) is 44.6 Å². The second-order valence-corrected chi connectivity index (χ2v) is 8.50. The molecule has 150 valence electrons. The van der Waals surface area contributed by atoms with Crippen LogP contribution in [0.25, 0.3) is 0 Å². The van der Waals surface area contributed by atoms with Gasteiger partial charge in [-0.1, -0.05) is 12.8 Å². The number of carbonyl (C=O) groups excluding carboxylic acids is 1. The summed E-state index contributed by atoms with van der Waals surface area (Å²) in [6.45, 7) is 3.89. The van der Waals surface area contributed by atoms with Gasteiger partial charge in [-0.25, -0.2) is 4.99 Å². The van der Waals surface area contributed by atoms with E-state index in [1.54, 1.807) is 19.0 Å². The van der Waals surface area contributed by atoms with Crippen molar-refractivity contribution in [2.24, 2.45) is 10.9 Å². The number of guanidine groups is 1. The van der Waals surface area contributed by atoms with Crippen LogP contribution in [0.4, 0.5) is 0 Å². The van der Waals surface area contributed by atoms with Gasteiger partial charge < -0.3 is 19.9 Å². The second kappa shape index (κ2) is 11.7. The van der Waals surface area contributed by atoms with Crippen LogP contribution in [0.3, 0.4) is 0 Å². The van der Waals surface area contributed by atoms with E-state index in [1.165, 1.54) is 25.7 Å². The number of nitrogens with zero attached hydrogens (tertiary/aromatic N) is 3. The maximum Gasteiger partial charge on any atom is 0.243 e. The number of aliphatic imine (C=N–C) groups is 1. The molecule has 1 aliphatic heterocycles. The average Bonchev–Trinajstić information content (AvgIpc) is 3.16. The van der Waals surface area contributed by atoms with Crippen LogP contribution in [0, 0.1) is 5.92 Å². The van der Waals surface area contributed by atoms with E-state index in [2.05, 4.69) is 21.5 Å². The first-order chi connectivity index (χ1) is 12.6. The second-order valence-electron chi connectivity index (χ2n) is 7.52. The highest BCUT2D eigenvalue weighted by Gasteiger charge is 2.24. The zero-order valence-electron chi connectivity index (χ0n) is 16.7. The molecule has 0 aromatic rings. The number of amides is 1. The molecule has 26 heavy (non-hydrogen) atoms. The Morgan fingerprint density at radius 2 is 1.92 bits per heavy atom. The van der Waals surface area contributed by atoms with Crippen molar-refractivity contribution in [1.29, 1.82) is 0 Å². The standard InChI is InChI=1S/C19H36N4O2S/c1-22(2)18(24)14-21-19(20-10-13-26-3)23-11-8-17(9-12-23)25-15-16-6-4-5-7-16/h16-17H,4-15H2,1-3H3,(H,20,21). The van der Waals surface area contributed by atoms with Crippen LogP contribution in [-0.2, 0) is 9.53 Å². The summed E-state index contributed by atoms with van der Waals surface area (Å²) in [6.07, 6.45) is 9.99. The third-order valence-corrected chi connectivity index (χ3v) is 5.85. The normalized spacial score (nSPS) is 19.8. The molecule has 1 amide bonds. The summed E-state index contributed by atoms with van der Waals surface area (Å²) >= 11 is 1.81. The minimum absolute atomic E-state index is 0.0314. The van der Waals surface area contributed by atoms with Gasteiger partial charge in [-0.3, -0.25) is 4.79 Å². The minimum atomic E-state index is 0.0314. The lowest BCUT2D eigenvalue weighted by atomic mass is 10.1. The number of ether oxygens (including phenoxy) is 1. The first-order valence-corrected chi connectivity index (χ1v) is 11.3. The molecule has 1 saturated heterocycles. The summed E-state index contributed by atoms with van der Waals surface area (Å²) in [7, 11) is 3.54. The van der Waals surface area contributed by atoms with Crippen LogP contribution in [0.5, 0.6) is 0 Å². The molecule has 7 heteroatoms. The number of thioether (sulfide) groups is 1.